The molecule has 0 radical (unpaired) electrons. The normalized spacial score (nSPS) is 18.8. The number of hydrogen-bond acceptors (Lipinski definition) is 4. The monoisotopic (exact) mass is 396 g/mol. The van der Waals surface area contributed by atoms with Crippen LogP contribution in [0.1, 0.15) is 37.7 Å². The van der Waals surface area contributed by atoms with Gasteiger partial charge in [0.1, 0.15) is 4.21 Å². The molecule has 5 nitrogen and oxygen atoms in total. The van der Waals surface area contributed by atoms with Crippen molar-refractivity contribution >= 4 is 50.2 Å². The van der Waals surface area contributed by atoms with Gasteiger partial charge in [-0.05, 0) is 48.7 Å². The molecule has 2 heterocycles. The van der Waals surface area contributed by atoms with Gasteiger partial charge in [-0.15, -0.1) is 11.3 Å². The molecule has 25 heavy (non-hydrogen) atoms. The Morgan fingerprint density at radius 1 is 1.12 bits per heavy atom. The Balaban J connectivity index is 1.69. The van der Waals surface area contributed by atoms with Gasteiger partial charge >= 0.3 is 0 Å². The average Bonchev–Trinajstić information content (AvgIpc) is 3.13. The topological polar surface area (TPSA) is 75.3 Å². The third-order valence-corrected chi connectivity index (χ3v) is 8.09. The Labute approximate surface area is 155 Å². The SMILES string of the molecule is O=C1Nc2ccc(NS(=O)(=O)c3ccc(Cl)s3)cc2C12CCCCC2. The van der Waals surface area contributed by atoms with Gasteiger partial charge < -0.3 is 5.32 Å². The number of sulfonamides is 1. The summed E-state index contributed by atoms with van der Waals surface area (Å²) in [5.41, 5.74) is 1.64. The molecular formula is C17H17ClN2O3S2. The number of anilines is 2. The number of amides is 1. The Kier molecular flexibility index (Phi) is 4.05. The van der Waals surface area contributed by atoms with Crippen molar-refractivity contribution in [2.75, 3.05) is 10.0 Å². The molecule has 0 atom stereocenters. The first-order valence-electron chi connectivity index (χ1n) is 8.15. The third kappa shape index (κ3) is 2.84. The molecule has 0 unspecified atom stereocenters. The quantitative estimate of drug-likeness (QED) is 0.809. The van der Waals surface area contributed by atoms with Gasteiger partial charge in [-0.2, -0.15) is 0 Å². The Bertz CT molecular complexity index is 947. The summed E-state index contributed by atoms with van der Waals surface area (Å²) in [6.45, 7) is 0. The fraction of sp³-hybridized carbons (Fsp3) is 0.353. The molecule has 2 N–H and O–H groups in total. The van der Waals surface area contributed by atoms with E-state index in [0.717, 1.165) is 54.7 Å². The first-order valence-corrected chi connectivity index (χ1v) is 10.8. The van der Waals surface area contributed by atoms with E-state index < -0.39 is 15.4 Å². The van der Waals surface area contributed by atoms with Crippen LogP contribution in [0.2, 0.25) is 4.34 Å². The molecule has 8 heteroatoms. The minimum absolute atomic E-state index is 0.0345. The van der Waals surface area contributed by atoms with Crippen molar-refractivity contribution in [3.05, 3.63) is 40.2 Å². The molecule has 1 aliphatic carbocycles. The molecule has 0 bridgehead atoms. The summed E-state index contributed by atoms with van der Waals surface area (Å²) < 4.78 is 28.2. The zero-order valence-electron chi connectivity index (χ0n) is 13.3. The molecule has 4 rings (SSSR count). The van der Waals surface area contributed by atoms with Gasteiger partial charge in [0, 0.05) is 11.4 Å². The highest BCUT2D eigenvalue weighted by molar-refractivity contribution is 7.94. The fourth-order valence-electron chi connectivity index (χ4n) is 3.78. The van der Waals surface area contributed by atoms with Crippen LogP contribution in [0.15, 0.2) is 34.5 Å². The number of nitrogens with one attached hydrogen (secondary N) is 2. The standard InChI is InChI=1S/C17H17ClN2O3S2/c18-14-6-7-15(24-14)25(22,23)20-11-4-5-13-12(10-11)17(16(21)19-13)8-2-1-3-9-17/h4-7,10,20H,1-3,8-9H2,(H,19,21). The number of benzene rings is 1. The second-order valence-corrected chi connectivity index (χ2v) is 10.1. The van der Waals surface area contributed by atoms with Gasteiger partial charge in [0.15, 0.2) is 0 Å². The lowest BCUT2D eigenvalue weighted by Gasteiger charge is -2.31. The maximum Gasteiger partial charge on any atom is 0.271 e. The number of fused-ring (bicyclic) bond motifs is 2. The Hall–Kier alpha value is -1.57. The second-order valence-electron chi connectivity index (χ2n) is 6.52. The highest BCUT2D eigenvalue weighted by Crippen LogP contribution is 2.48. The number of hydrogen-bond donors (Lipinski definition) is 2. The van der Waals surface area contributed by atoms with Crippen molar-refractivity contribution in [3.8, 4) is 0 Å². The van der Waals surface area contributed by atoms with Gasteiger partial charge in [-0.25, -0.2) is 8.42 Å². The molecule has 0 saturated heterocycles. The number of halogens is 1. The zero-order valence-corrected chi connectivity index (χ0v) is 15.7. The fourth-order valence-corrected chi connectivity index (χ4v) is 6.31. The molecule has 1 amide bonds. The van der Waals surface area contributed by atoms with Gasteiger partial charge in [0.25, 0.3) is 10.0 Å². The first kappa shape index (κ1) is 16.9. The second kappa shape index (κ2) is 6.00. The number of carbonyl (C=O) groups excluding carboxylic acids is 1. The maximum atomic E-state index is 12.6. The predicted molar refractivity (Wildman–Crippen MR) is 100.0 cm³/mol. The van der Waals surface area contributed by atoms with E-state index in [1.807, 2.05) is 0 Å². The molecule has 1 spiro atoms. The minimum atomic E-state index is -3.69. The summed E-state index contributed by atoms with van der Waals surface area (Å²) in [4.78, 5) is 12.6. The van der Waals surface area contributed by atoms with E-state index in [2.05, 4.69) is 10.0 Å². The lowest BCUT2D eigenvalue weighted by atomic mass is 9.70. The molecule has 1 aliphatic heterocycles. The number of thiophene rings is 1. The largest absolute Gasteiger partial charge is 0.325 e. The van der Waals surface area contributed by atoms with E-state index in [1.165, 1.54) is 6.07 Å². The van der Waals surface area contributed by atoms with Gasteiger partial charge in [-0.1, -0.05) is 30.9 Å². The van der Waals surface area contributed by atoms with Crippen LogP contribution < -0.4 is 10.0 Å². The summed E-state index contributed by atoms with van der Waals surface area (Å²) in [6, 6.07) is 8.29. The van der Waals surface area contributed by atoms with Crippen molar-refractivity contribution in [3.63, 3.8) is 0 Å². The van der Waals surface area contributed by atoms with Crippen LogP contribution >= 0.6 is 22.9 Å². The van der Waals surface area contributed by atoms with Crippen molar-refractivity contribution in [1.82, 2.24) is 0 Å². The van der Waals surface area contributed by atoms with E-state index in [9.17, 15) is 13.2 Å². The van der Waals surface area contributed by atoms with Crippen LogP contribution in [0, 0.1) is 0 Å². The van der Waals surface area contributed by atoms with E-state index >= 15 is 0 Å². The summed E-state index contributed by atoms with van der Waals surface area (Å²) in [6.07, 6.45) is 4.77. The summed E-state index contributed by atoms with van der Waals surface area (Å²) in [5, 5.41) is 2.95. The molecule has 1 fully saturated rings. The lowest BCUT2D eigenvalue weighted by molar-refractivity contribution is -0.121. The summed E-state index contributed by atoms with van der Waals surface area (Å²) in [5.74, 6) is 0.0345. The minimum Gasteiger partial charge on any atom is -0.325 e. The molecule has 2 aliphatic rings. The van der Waals surface area contributed by atoms with E-state index in [1.54, 1.807) is 24.3 Å². The number of carbonyl (C=O) groups is 1. The average molecular weight is 397 g/mol. The van der Waals surface area contributed by atoms with Gasteiger partial charge in [-0.3, -0.25) is 9.52 Å². The highest BCUT2D eigenvalue weighted by atomic mass is 35.5. The molecule has 1 saturated carbocycles. The lowest BCUT2D eigenvalue weighted by Crippen LogP contribution is -2.36. The van der Waals surface area contributed by atoms with Crippen LogP contribution in [-0.2, 0) is 20.2 Å². The van der Waals surface area contributed by atoms with E-state index in [-0.39, 0.29) is 10.1 Å². The first-order chi connectivity index (χ1) is 11.9. The van der Waals surface area contributed by atoms with Crippen LogP contribution in [0.25, 0.3) is 0 Å². The smallest absolute Gasteiger partial charge is 0.271 e. The Morgan fingerprint density at radius 3 is 2.56 bits per heavy atom. The highest BCUT2D eigenvalue weighted by Gasteiger charge is 2.47. The maximum absolute atomic E-state index is 12.6. The van der Waals surface area contributed by atoms with Crippen molar-refractivity contribution in [2.24, 2.45) is 0 Å². The van der Waals surface area contributed by atoms with Crippen LogP contribution in [0.5, 0.6) is 0 Å². The van der Waals surface area contributed by atoms with Gasteiger partial charge in [0.05, 0.1) is 9.75 Å². The summed E-state index contributed by atoms with van der Waals surface area (Å²) in [7, 11) is -3.69. The number of rotatable bonds is 3. The van der Waals surface area contributed by atoms with Crippen molar-refractivity contribution in [1.29, 1.82) is 0 Å². The van der Waals surface area contributed by atoms with Crippen molar-refractivity contribution < 1.29 is 13.2 Å². The molecular weight excluding hydrogens is 380 g/mol. The molecule has 1 aromatic heterocycles. The molecule has 1 aromatic carbocycles. The van der Waals surface area contributed by atoms with Crippen LogP contribution in [0.3, 0.4) is 0 Å². The van der Waals surface area contributed by atoms with Crippen molar-refractivity contribution in [2.45, 2.75) is 41.7 Å². The van der Waals surface area contributed by atoms with E-state index in [4.69, 9.17) is 11.6 Å². The van der Waals surface area contributed by atoms with Crippen LogP contribution in [0.4, 0.5) is 11.4 Å². The zero-order chi connectivity index (χ0) is 17.7. The van der Waals surface area contributed by atoms with Crippen LogP contribution in [-0.4, -0.2) is 14.3 Å². The molecule has 132 valence electrons. The predicted octanol–water partition coefficient (Wildman–Crippen LogP) is 4.36. The summed E-state index contributed by atoms with van der Waals surface area (Å²) >= 11 is 6.85. The Morgan fingerprint density at radius 2 is 1.88 bits per heavy atom. The van der Waals surface area contributed by atoms with E-state index in [0.29, 0.717) is 10.0 Å². The molecule has 2 aromatic rings. The van der Waals surface area contributed by atoms with Gasteiger partial charge in [0.2, 0.25) is 5.91 Å². The third-order valence-electron chi connectivity index (χ3n) is 4.99.